The standard InChI is InChI=1S/C22H34N2O2/c1-2-19-6-8-20(9-7-19)10-11-21(25)23-18-22(12-4-3-5-13-22)24-14-16-26-17-15-24/h6-9H,2-5,10-18H2,1H3,(H,23,25). The molecule has 1 amide bonds. The summed E-state index contributed by atoms with van der Waals surface area (Å²) in [5.74, 6) is 0.183. The third-order valence-corrected chi connectivity index (χ3v) is 6.15. The quantitative estimate of drug-likeness (QED) is 0.813. The van der Waals surface area contributed by atoms with Crippen LogP contribution >= 0.6 is 0 Å². The average molecular weight is 359 g/mol. The van der Waals surface area contributed by atoms with Crippen molar-refractivity contribution in [1.82, 2.24) is 10.2 Å². The van der Waals surface area contributed by atoms with Gasteiger partial charge in [0.1, 0.15) is 0 Å². The summed E-state index contributed by atoms with van der Waals surface area (Å²) in [6.45, 7) is 6.60. The van der Waals surface area contributed by atoms with Crippen molar-refractivity contribution >= 4 is 5.91 Å². The van der Waals surface area contributed by atoms with E-state index in [1.807, 2.05) is 0 Å². The van der Waals surface area contributed by atoms with Gasteiger partial charge in [0.25, 0.3) is 0 Å². The van der Waals surface area contributed by atoms with Crippen LogP contribution in [0.4, 0.5) is 0 Å². The van der Waals surface area contributed by atoms with E-state index in [9.17, 15) is 4.79 Å². The highest BCUT2D eigenvalue weighted by molar-refractivity contribution is 5.76. The van der Waals surface area contributed by atoms with Gasteiger partial charge < -0.3 is 10.1 Å². The largest absolute Gasteiger partial charge is 0.379 e. The topological polar surface area (TPSA) is 41.6 Å². The van der Waals surface area contributed by atoms with Gasteiger partial charge in [-0.25, -0.2) is 0 Å². The van der Waals surface area contributed by atoms with Crippen LogP contribution in [0.15, 0.2) is 24.3 Å². The minimum Gasteiger partial charge on any atom is -0.379 e. The molecule has 1 saturated carbocycles. The maximum atomic E-state index is 12.5. The molecule has 0 atom stereocenters. The molecule has 1 aromatic rings. The summed E-state index contributed by atoms with van der Waals surface area (Å²) in [6, 6.07) is 8.65. The summed E-state index contributed by atoms with van der Waals surface area (Å²) in [5, 5.41) is 3.26. The second-order valence-corrected chi connectivity index (χ2v) is 7.83. The third-order valence-electron chi connectivity index (χ3n) is 6.15. The fourth-order valence-electron chi connectivity index (χ4n) is 4.40. The number of nitrogens with one attached hydrogen (secondary N) is 1. The predicted octanol–water partition coefficient (Wildman–Crippen LogP) is 3.33. The minimum atomic E-state index is 0.153. The Bertz CT molecular complexity index is 558. The van der Waals surface area contributed by atoms with Crippen molar-refractivity contribution in [3.05, 3.63) is 35.4 Å². The number of morpholine rings is 1. The maximum absolute atomic E-state index is 12.5. The van der Waals surface area contributed by atoms with Crippen molar-refractivity contribution in [1.29, 1.82) is 0 Å². The Kier molecular flexibility index (Phi) is 7.09. The van der Waals surface area contributed by atoms with Crippen molar-refractivity contribution in [3.63, 3.8) is 0 Å². The third kappa shape index (κ3) is 5.08. The number of carbonyl (C=O) groups is 1. The molecule has 2 fully saturated rings. The lowest BCUT2D eigenvalue weighted by atomic mass is 9.79. The molecule has 1 N–H and O–H groups in total. The van der Waals surface area contributed by atoms with Gasteiger partial charge in [0.05, 0.1) is 13.2 Å². The van der Waals surface area contributed by atoms with E-state index in [0.29, 0.717) is 6.42 Å². The van der Waals surface area contributed by atoms with E-state index in [-0.39, 0.29) is 11.4 Å². The molecule has 4 heteroatoms. The van der Waals surface area contributed by atoms with Crippen molar-refractivity contribution < 1.29 is 9.53 Å². The van der Waals surface area contributed by atoms with Crippen LogP contribution in [0.1, 0.15) is 56.6 Å². The zero-order chi connectivity index (χ0) is 18.2. The highest BCUT2D eigenvalue weighted by atomic mass is 16.5. The number of aryl methyl sites for hydroxylation is 2. The molecule has 3 rings (SSSR count). The molecule has 144 valence electrons. The Labute approximate surface area is 158 Å². The van der Waals surface area contributed by atoms with Crippen LogP contribution in [-0.2, 0) is 22.4 Å². The molecule has 26 heavy (non-hydrogen) atoms. The molecule has 1 aromatic carbocycles. The molecule has 0 bridgehead atoms. The molecule has 0 spiro atoms. The molecule has 1 saturated heterocycles. The van der Waals surface area contributed by atoms with Crippen LogP contribution < -0.4 is 5.32 Å². The van der Waals surface area contributed by atoms with Crippen molar-refractivity contribution in [2.75, 3.05) is 32.8 Å². The van der Waals surface area contributed by atoms with Gasteiger partial charge in [-0.1, -0.05) is 50.5 Å². The molecule has 1 heterocycles. The molecule has 1 aliphatic heterocycles. The smallest absolute Gasteiger partial charge is 0.220 e. The lowest BCUT2D eigenvalue weighted by Crippen LogP contribution is -2.59. The lowest BCUT2D eigenvalue weighted by Gasteiger charge is -2.48. The Balaban J connectivity index is 1.50. The Morgan fingerprint density at radius 1 is 1.08 bits per heavy atom. The number of rotatable bonds is 7. The van der Waals surface area contributed by atoms with Gasteiger partial charge in [-0.3, -0.25) is 9.69 Å². The van der Waals surface area contributed by atoms with Gasteiger partial charge in [0.2, 0.25) is 5.91 Å². The summed E-state index contributed by atoms with van der Waals surface area (Å²) in [5.41, 5.74) is 2.75. The SMILES string of the molecule is CCc1ccc(CCC(=O)NCC2(N3CCOCC3)CCCCC2)cc1. The molecule has 2 aliphatic rings. The zero-order valence-corrected chi connectivity index (χ0v) is 16.3. The number of nitrogens with zero attached hydrogens (tertiary/aromatic N) is 1. The minimum absolute atomic E-state index is 0.153. The van der Waals surface area contributed by atoms with Gasteiger partial charge in [-0.15, -0.1) is 0 Å². The molecule has 0 aromatic heterocycles. The number of hydrogen-bond donors (Lipinski definition) is 1. The first-order chi connectivity index (χ1) is 12.7. The van der Waals surface area contributed by atoms with Gasteiger partial charge >= 0.3 is 0 Å². The monoisotopic (exact) mass is 358 g/mol. The molecular weight excluding hydrogens is 324 g/mol. The lowest BCUT2D eigenvalue weighted by molar-refractivity contribution is -0.122. The second kappa shape index (κ2) is 9.52. The number of hydrogen-bond acceptors (Lipinski definition) is 3. The fraction of sp³-hybridized carbons (Fsp3) is 0.682. The molecule has 1 aliphatic carbocycles. The van der Waals surface area contributed by atoms with Crippen LogP contribution in [0.5, 0.6) is 0 Å². The van der Waals surface area contributed by atoms with Crippen LogP contribution in [-0.4, -0.2) is 49.2 Å². The Morgan fingerprint density at radius 3 is 2.38 bits per heavy atom. The van der Waals surface area contributed by atoms with Gasteiger partial charge in [-0.2, -0.15) is 0 Å². The highest BCUT2D eigenvalue weighted by Crippen LogP contribution is 2.33. The van der Waals surface area contributed by atoms with E-state index in [2.05, 4.69) is 41.4 Å². The zero-order valence-electron chi connectivity index (χ0n) is 16.3. The first-order valence-electron chi connectivity index (χ1n) is 10.4. The first kappa shape index (κ1) is 19.4. The van der Waals surface area contributed by atoms with Crippen LogP contribution in [0.3, 0.4) is 0 Å². The van der Waals surface area contributed by atoms with Gasteiger partial charge in [0, 0.05) is 31.6 Å². The van der Waals surface area contributed by atoms with E-state index < -0.39 is 0 Å². The van der Waals surface area contributed by atoms with Crippen molar-refractivity contribution in [2.45, 2.75) is 63.8 Å². The van der Waals surface area contributed by atoms with Crippen LogP contribution in [0.25, 0.3) is 0 Å². The van der Waals surface area contributed by atoms with E-state index in [1.165, 1.54) is 43.2 Å². The van der Waals surface area contributed by atoms with Gasteiger partial charge in [0.15, 0.2) is 0 Å². The molecule has 0 radical (unpaired) electrons. The Hall–Kier alpha value is -1.39. The van der Waals surface area contributed by atoms with Crippen molar-refractivity contribution in [2.24, 2.45) is 0 Å². The summed E-state index contributed by atoms with van der Waals surface area (Å²) in [7, 11) is 0. The van der Waals surface area contributed by atoms with E-state index in [1.54, 1.807) is 0 Å². The molecule has 0 unspecified atom stereocenters. The summed E-state index contributed by atoms with van der Waals surface area (Å²) in [4.78, 5) is 15.0. The highest BCUT2D eigenvalue weighted by Gasteiger charge is 2.38. The van der Waals surface area contributed by atoms with Gasteiger partial charge in [-0.05, 0) is 36.8 Å². The summed E-state index contributed by atoms with van der Waals surface area (Å²) in [6.07, 6.45) is 8.73. The summed E-state index contributed by atoms with van der Waals surface area (Å²) >= 11 is 0. The number of ether oxygens (including phenoxy) is 1. The fourth-order valence-corrected chi connectivity index (χ4v) is 4.40. The Morgan fingerprint density at radius 2 is 1.73 bits per heavy atom. The number of amides is 1. The second-order valence-electron chi connectivity index (χ2n) is 7.83. The first-order valence-corrected chi connectivity index (χ1v) is 10.4. The van der Waals surface area contributed by atoms with E-state index in [4.69, 9.17) is 4.74 Å². The van der Waals surface area contributed by atoms with E-state index in [0.717, 1.165) is 45.7 Å². The molecule has 4 nitrogen and oxygen atoms in total. The van der Waals surface area contributed by atoms with Crippen LogP contribution in [0.2, 0.25) is 0 Å². The van der Waals surface area contributed by atoms with Crippen LogP contribution in [0, 0.1) is 0 Å². The predicted molar refractivity (Wildman–Crippen MR) is 105 cm³/mol. The van der Waals surface area contributed by atoms with Crippen molar-refractivity contribution in [3.8, 4) is 0 Å². The normalized spacial score (nSPS) is 20.7. The summed E-state index contributed by atoms with van der Waals surface area (Å²) < 4.78 is 5.54. The van der Waals surface area contributed by atoms with E-state index >= 15 is 0 Å². The number of carbonyl (C=O) groups excluding carboxylic acids is 1. The number of benzene rings is 1. The molecular formula is C22H34N2O2. The average Bonchev–Trinajstić information content (AvgIpc) is 2.72. The maximum Gasteiger partial charge on any atom is 0.220 e.